The molecule has 1 aromatic carbocycles. The Kier molecular flexibility index (Phi) is 5.66. The molecular formula is C15H26N2. The molecule has 2 unspecified atom stereocenters. The number of benzene rings is 1. The van der Waals surface area contributed by atoms with Crippen molar-refractivity contribution < 1.29 is 0 Å². The zero-order valence-electron chi connectivity index (χ0n) is 11.6. The van der Waals surface area contributed by atoms with Gasteiger partial charge in [0.05, 0.1) is 0 Å². The fourth-order valence-electron chi connectivity index (χ4n) is 2.23. The molecule has 0 bridgehead atoms. The van der Waals surface area contributed by atoms with Gasteiger partial charge in [-0.15, -0.1) is 0 Å². The predicted octanol–water partition coefficient (Wildman–Crippen LogP) is 3.05. The van der Waals surface area contributed by atoms with E-state index in [1.54, 1.807) is 0 Å². The monoisotopic (exact) mass is 234 g/mol. The predicted molar refractivity (Wildman–Crippen MR) is 74.9 cm³/mol. The first kappa shape index (κ1) is 14.2. The van der Waals surface area contributed by atoms with Gasteiger partial charge in [-0.05, 0) is 24.9 Å². The molecule has 1 rings (SSSR count). The Balaban J connectivity index is 2.70. The molecule has 96 valence electrons. The lowest BCUT2D eigenvalue weighted by atomic mass is 9.99. The van der Waals surface area contributed by atoms with Crippen LogP contribution in [0, 0.1) is 5.92 Å². The maximum atomic E-state index is 6.35. The first-order valence-electron chi connectivity index (χ1n) is 6.60. The van der Waals surface area contributed by atoms with Crippen LogP contribution in [0.2, 0.25) is 0 Å². The van der Waals surface area contributed by atoms with Gasteiger partial charge in [0.2, 0.25) is 0 Å². The normalized spacial score (nSPS) is 15.2. The molecule has 0 aliphatic carbocycles. The summed E-state index contributed by atoms with van der Waals surface area (Å²) in [6, 6.07) is 10.8. The molecule has 0 saturated heterocycles. The molecule has 0 saturated carbocycles. The van der Waals surface area contributed by atoms with E-state index in [9.17, 15) is 0 Å². The highest BCUT2D eigenvalue weighted by molar-refractivity contribution is 5.19. The molecule has 0 radical (unpaired) electrons. The summed E-state index contributed by atoms with van der Waals surface area (Å²) in [7, 11) is 0. The van der Waals surface area contributed by atoms with Gasteiger partial charge >= 0.3 is 0 Å². The van der Waals surface area contributed by atoms with Gasteiger partial charge in [-0.25, -0.2) is 0 Å². The molecule has 2 N–H and O–H groups in total. The summed E-state index contributed by atoms with van der Waals surface area (Å²) in [6.45, 7) is 11.1. The van der Waals surface area contributed by atoms with Crippen LogP contribution in [0.5, 0.6) is 0 Å². The van der Waals surface area contributed by atoms with Crippen LogP contribution in [-0.4, -0.2) is 24.0 Å². The van der Waals surface area contributed by atoms with Gasteiger partial charge in [0, 0.05) is 18.6 Å². The fraction of sp³-hybridized carbons (Fsp3) is 0.600. The molecule has 1 aromatic rings. The third-order valence-corrected chi connectivity index (χ3v) is 3.29. The Morgan fingerprint density at radius 3 is 2.18 bits per heavy atom. The highest BCUT2D eigenvalue weighted by Crippen LogP contribution is 2.19. The second kappa shape index (κ2) is 6.77. The van der Waals surface area contributed by atoms with Crippen molar-refractivity contribution >= 4 is 0 Å². The molecule has 0 heterocycles. The number of nitrogens with zero attached hydrogens (tertiary/aromatic N) is 1. The van der Waals surface area contributed by atoms with E-state index in [0.29, 0.717) is 12.0 Å². The largest absolute Gasteiger partial charge is 0.323 e. The topological polar surface area (TPSA) is 29.3 Å². The first-order chi connectivity index (χ1) is 8.06. The van der Waals surface area contributed by atoms with Gasteiger partial charge in [-0.1, -0.05) is 51.1 Å². The van der Waals surface area contributed by atoms with Gasteiger partial charge < -0.3 is 5.73 Å². The van der Waals surface area contributed by atoms with Crippen LogP contribution in [0.25, 0.3) is 0 Å². The number of hydrogen-bond donors (Lipinski definition) is 1. The quantitative estimate of drug-likeness (QED) is 0.819. The van der Waals surface area contributed by atoms with Crippen molar-refractivity contribution in [3.05, 3.63) is 35.9 Å². The van der Waals surface area contributed by atoms with Crippen molar-refractivity contribution in [3.8, 4) is 0 Å². The van der Waals surface area contributed by atoms with E-state index in [1.807, 2.05) is 6.07 Å². The fourth-order valence-corrected chi connectivity index (χ4v) is 2.23. The summed E-state index contributed by atoms with van der Waals surface area (Å²) in [6.07, 6.45) is 0. The van der Waals surface area contributed by atoms with Crippen molar-refractivity contribution in [1.29, 1.82) is 0 Å². The Bertz CT molecular complexity index is 308. The van der Waals surface area contributed by atoms with E-state index in [1.165, 1.54) is 5.56 Å². The van der Waals surface area contributed by atoms with Crippen LogP contribution in [-0.2, 0) is 0 Å². The summed E-state index contributed by atoms with van der Waals surface area (Å²) in [5.41, 5.74) is 7.57. The zero-order valence-corrected chi connectivity index (χ0v) is 11.6. The Morgan fingerprint density at radius 2 is 1.71 bits per heavy atom. The molecule has 0 aromatic heterocycles. The highest BCUT2D eigenvalue weighted by Gasteiger charge is 2.21. The summed E-state index contributed by atoms with van der Waals surface area (Å²) in [4.78, 5) is 2.46. The van der Waals surface area contributed by atoms with Crippen molar-refractivity contribution in [1.82, 2.24) is 4.90 Å². The van der Waals surface area contributed by atoms with Crippen LogP contribution in [0.15, 0.2) is 30.3 Å². The number of nitrogens with two attached hydrogens (primary N) is 1. The lowest BCUT2D eigenvalue weighted by Crippen LogP contribution is -2.42. The summed E-state index contributed by atoms with van der Waals surface area (Å²) >= 11 is 0. The lowest BCUT2D eigenvalue weighted by molar-refractivity contribution is 0.173. The first-order valence-corrected chi connectivity index (χ1v) is 6.60. The van der Waals surface area contributed by atoms with Crippen LogP contribution in [0.1, 0.15) is 39.3 Å². The SMILES string of the molecule is CCN(CC(C)C)C(C)C(N)c1ccccc1. The van der Waals surface area contributed by atoms with E-state index in [4.69, 9.17) is 5.73 Å². The van der Waals surface area contributed by atoms with E-state index < -0.39 is 0 Å². The molecular weight excluding hydrogens is 208 g/mol. The van der Waals surface area contributed by atoms with E-state index in [2.05, 4.69) is 56.9 Å². The van der Waals surface area contributed by atoms with Crippen molar-refractivity contribution in [2.45, 2.75) is 39.8 Å². The van der Waals surface area contributed by atoms with Crippen molar-refractivity contribution in [2.24, 2.45) is 11.7 Å². The van der Waals surface area contributed by atoms with Gasteiger partial charge in [-0.2, -0.15) is 0 Å². The minimum atomic E-state index is 0.0925. The van der Waals surface area contributed by atoms with E-state index in [0.717, 1.165) is 13.1 Å². The van der Waals surface area contributed by atoms with E-state index in [-0.39, 0.29) is 6.04 Å². The molecule has 0 aliphatic heterocycles. The average Bonchev–Trinajstić information content (AvgIpc) is 2.35. The van der Waals surface area contributed by atoms with Crippen LogP contribution in [0.3, 0.4) is 0 Å². The van der Waals surface area contributed by atoms with Gasteiger partial charge in [0.25, 0.3) is 0 Å². The molecule has 0 spiro atoms. The third-order valence-electron chi connectivity index (χ3n) is 3.29. The van der Waals surface area contributed by atoms with Crippen LogP contribution in [0.4, 0.5) is 0 Å². The lowest BCUT2D eigenvalue weighted by Gasteiger charge is -2.33. The van der Waals surface area contributed by atoms with Gasteiger partial charge in [0.15, 0.2) is 0 Å². The minimum absolute atomic E-state index is 0.0925. The molecule has 0 amide bonds. The summed E-state index contributed by atoms with van der Waals surface area (Å²) < 4.78 is 0. The zero-order chi connectivity index (χ0) is 12.8. The number of hydrogen-bond acceptors (Lipinski definition) is 2. The smallest absolute Gasteiger partial charge is 0.0450 e. The third kappa shape index (κ3) is 4.14. The minimum Gasteiger partial charge on any atom is -0.323 e. The summed E-state index contributed by atoms with van der Waals surface area (Å²) in [5, 5.41) is 0. The molecule has 0 fully saturated rings. The average molecular weight is 234 g/mol. The maximum Gasteiger partial charge on any atom is 0.0450 e. The van der Waals surface area contributed by atoms with Gasteiger partial charge in [-0.3, -0.25) is 4.90 Å². The van der Waals surface area contributed by atoms with Crippen LogP contribution < -0.4 is 5.73 Å². The van der Waals surface area contributed by atoms with Crippen LogP contribution >= 0.6 is 0 Å². The maximum absolute atomic E-state index is 6.35. The number of likely N-dealkylation sites (N-methyl/N-ethyl adjacent to an activating group) is 1. The molecule has 2 heteroatoms. The van der Waals surface area contributed by atoms with E-state index >= 15 is 0 Å². The Hall–Kier alpha value is -0.860. The Labute approximate surface area is 106 Å². The second-order valence-corrected chi connectivity index (χ2v) is 5.16. The summed E-state index contributed by atoms with van der Waals surface area (Å²) in [5.74, 6) is 0.681. The molecule has 2 atom stereocenters. The van der Waals surface area contributed by atoms with Crippen molar-refractivity contribution in [3.63, 3.8) is 0 Å². The van der Waals surface area contributed by atoms with Crippen molar-refractivity contribution in [2.75, 3.05) is 13.1 Å². The molecule has 17 heavy (non-hydrogen) atoms. The van der Waals surface area contributed by atoms with Gasteiger partial charge in [0.1, 0.15) is 0 Å². The second-order valence-electron chi connectivity index (χ2n) is 5.16. The molecule has 2 nitrogen and oxygen atoms in total. The standard InChI is InChI=1S/C15H26N2/c1-5-17(11-12(2)3)13(4)15(16)14-9-7-6-8-10-14/h6-10,12-13,15H,5,11,16H2,1-4H3. The number of rotatable bonds is 6. The Morgan fingerprint density at radius 1 is 1.12 bits per heavy atom. The molecule has 0 aliphatic rings. The highest BCUT2D eigenvalue weighted by atomic mass is 15.2.